The van der Waals surface area contributed by atoms with E-state index in [1.165, 1.54) is 11.1 Å². The van der Waals surface area contributed by atoms with E-state index < -0.39 is 0 Å². The fourth-order valence-electron chi connectivity index (χ4n) is 2.51. The maximum atomic E-state index is 5.41. The average Bonchev–Trinajstić information content (AvgIpc) is 2.52. The van der Waals surface area contributed by atoms with Crippen molar-refractivity contribution in [1.29, 1.82) is 0 Å². The molecule has 3 aromatic rings. The van der Waals surface area contributed by atoms with Gasteiger partial charge in [-0.25, -0.2) is 4.98 Å². The van der Waals surface area contributed by atoms with E-state index >= 15 is 0 Å². The highest BCUT2D eigenvalue weighted by atomic mass is 16.5. The Morgan fingerprint density at radius 1 is 1.05 bits per heavy atom. The fourth-order valence-corrected chi connectivity index (χ4v) is 2.51. The predicted molar refractivity (Wildman–Crippen MR) is 86.8 cm³/mol. The van der Waals surface area contributed by atoms with E-state index in [1.807, 2.05) is 24.4 Å². The first-order valence-corrected chi connectivity index (χ1v) is 6.99. The monoisotopic (exact) mass is 278 g/mol. The number of nitrogens with one attached hydrogen (secondary N) is 1. The van der Waals surface area contributed by atoms with Crippen molar-refractivity contribution in [1.82, 2.24) is 4.98 Å². The highest BCUT2D eigenvalue weighted by molar-refractivity contribution is 5.95. The molecule has 0 saturated heterocycles. The van der Waals surface area contributed by atoms with Gasteiger partial charge in [0.2, 0.25) is 0 Å². The number of methoxy groups -OCH3 is 1. The van der Waals surface area contributed by atoms with Crippen molar-refractivity contribution in [3.05, 3.63) is 65.9 Å². The first-order valence-electron chi connectivity index (χ1n) is 6.99. The van der Waals surface area contributed by atoms with Crippen LogP contribution in [0.1, 0.15) is 11.1 Å². The van der Waals surface area contributed by atoms with Crippen molar-refractivity contribution in [2.45, 2.75) is 13.5 Å². The molecule has 1 heterocycles. The molecule has 2 aromatic carbocycles. The number of aryl methyl sites for hydroxylation is 1. The SMILES string of the molecule is COc1cccc2c(NCc3cccc(C)c3)nccc12. The molecule has 3 rings (SSSR count). The van der Waals surface area contributed by atoms with Gasteiger partial charge in [-0.3, -0.25) is 0 Å². The molecule has 0 amide bonds. The van der Waals surface area contributed by atoms with E-state index in [0.717, 1.165) is 28.9 Å². The number of pyridine rings is 1. The van der Waals surface area contributed by atoms with Crippen molar-refractivity contribution < 1.29 is 4.74 Å². The van der Waals surface area contributed by atoms with Crippen LogP contribution in [0.25, 0.3) is 10.8 Å². The largest absolute Gasteiger partial charge is 0.496 e. The second kappa shape index (κ2) is 5.83. The summed E-state index contributed by atoms with van der Waals surface area (Å²) >= 11 is 0. The number of benzene rings is 2. The lowest BCUT2D eigenvalue weighted by molar-refractivity contribution is 0.420. The molecular weight excluding hydrogens is 260 g/mol. The zero-order chi connectivity index (χ0) is 14.7. The van der Waals surface area contributed by atoms with Gasteiger partial charge in [0.1, 0.15) is 11.6 Å². The van der Waals surface area contributed by atoms with Crippen LogP contribution in [0.4, 0.5) is 5.82 Å². The zero-order valence-electron chi connectivity index (χ0n) is 12.3. The van der Waals surface area contributed by atoms with Crippen LogP contribution in [-0.4, -0.2) is 12.1 Å². The van der Waals surface area contributed by atoms with Gasteiger partial charge >= 0.3 is 0 Å². The summed E-state index contributed by atoms with van der Waals surface area (Å²) in [5, 5.41) is 5.56. The highest BCUT2D eigenvalue weighted by Gasteiger charge is 2.06. The number of fused-ring (bicyclic) bond motifs is 1. The van der Waals surface area contributed by atoms with Crippen LogP contribution in [0, 0.1) is 6.92 Å². The van der Waals surface area contributed by atoms with Gasteiger partial charge in [-0.1, -0.05) is 42.0 Å². The third kappa shape index (κ3) is 2.82. The molecule has 0 radical (unpaired) electrons. The molecule has 21 heavy (non-hydrogen) atoms. The van der Waals surface area contributed by atoms with Gasteiger partial charge < -0.3 is 10.1 Å². The van der Waals surface area contributed by atoms with Crippen molar-refractivity contribution >= 4 is 16.6 Å². The second-order valence-electron chi connectivity index (χ2n) is 5.06. The minimum Gasteiger partial charge on any atom is -0.496 e. The Balaban J connectivity index is 1.91. The van der Waals surface area contributed by atoms with Crippen molar-refractivity contribution in [2.75, 3.05) is 12.4 Å². The van der Waals surface area contributed by atoms with Crippen LogP contribution in [0.3, 0.4) is 0 Å². The molecule has 0 bridgehead atoms. The van der Waals surface area contributed by atoms with E-state index in [1.54, 1.807) is 7.11 Å². The first kappa shape index (κ1) is 13.4. The lowest BCUT2D eigenvalue weighted by atomic mass is 10.1. The molecule has 0 atom stereocenters. The van der Waals surface area contributed by atoms with E-state index in [0.29, 0.717) is 0 Å². The minimum atomic E-state index is 0.755. The predicted octanol–water partition coefficient (Wildman–Crippen LogP) is 4.16. The molecule has 3 nitrogen and oxygen atoms in total. The third-order valence-corrected chi connectivity index (χ3v) is 3.53. The Kier molecular flexibility index (Phi) is 3.73. The van der Waals surface area contributed by atoms with E-state index in [2.05, 4.69) is 47.6 Å². The van der Waals surface area contributed by atoms with E-state index in [9.17, 15) is 0 Å². The number of nitrogens with zero attached hydrogens (tertiary/aromatic N) is 1. The van der Waals surface area contributed by atoms with E-state index in [4.69, 9.17) is 4.74 Å². The normalized spacial score (nSPS) is 10.6. The molecule has 3 heteroatoms. The molecule has 0 aliphatic carbocycles. The molecule has 0 saturated carbocycles. The molecule has 106 valence electrons. The van der Waals surface area contributed by atoms with Gasteiger partial charge in [-0.2, -0.15) is 0 Å². The summed E-state index contributed by atoms with van der Waals surface area (Å²) in [6.45, 7) is 2.86. The molecular formula is C18H18N2O. The third-order valence-electron chi connectivity index (χ3n) is 3.53. The number of rotatable bonds is 4. The van der Waals surface area contributed by atoms with Crippen LogP contribution in [-0.2, 0) is 6.54 Å². The Hall–Kier alpha value is -2.55. The zero-order valence-corrected chi connectivity index (χ0v) is 12.3. The maximum absolute atomic E-state index is 5.41. The Labute approximate surface area is 124 Å². The number of anilines is 1. The van der Waals surface area contributed by atoms with Gasteiger partial charge in [-0.05, 0) is 24.6 Å². The Bertz CT molecular complexity index is 768. The van der Waals surface area contributed by atoms with Crippen LogP contribution < -0.4 is 10.1 Å². The molecule has 0 unspecified atom stereocenters. The lowest BCUT2D eigenvalue weighted by Gasteiger charge is -2.11. The number of ether oxygens (including phenoxy) is 1. The van der Waals surface area contributed by atoms with Crippen LogP contribution in [0.5, 0.6) is 5.75 Å². The summed E-state index contributed by atoms with van der Waals surface area (Å²) in [6, 6.07) is 16.5. The summed E-state index contributed by atoms with van der Waals surface area (Å²) in [5.74, 6) is 1.75. The summed E-state index contributed by atoms with van der Waals surface area (Å²) in [5.41, 5.74) is 2.51. The van der Waals surface area contributed by atoms with Gasteiger partial charge in [0, 0.05) is 23.5 Å². The van der Waals surface area contributed by atoms with Gasteiger partial charge in [0.05, 0.1) is 7.11 Å². The molecule has 0 spiro atoms. The second-order valence-corrected chi connectivity index (χ2v) is 5.06. The smallest absolute Gasteiger partial charge is 0.134 e. The fraction of sp³-hybridized carbons (Fsp3) is 0.167. The van der Waals surface area contributed by atoms with Crippen molar-refractivity contribution in [3.8, 4) is 5.75 Å². The summed E-state index contributed by atoms with van der Waals surface area (Å²) in [7, 11) is 1.69. The van der Waals surface area contributed by atoms with Crippen LogP contribution in [0.15, 0.2) is 54.7 Å². The van der Waals surface area contributed by atoms with Gasteiger partial charge in [-0.15, -0.1) is 0 Å². The highest BCUT2D eigenvalue weighted by Crippen LogP contribution is 2.29. The number of hydrogen-bond donors (Lipinski definition) is 1. The topological polar surface area (TPSA) is 34.1 Å². The molecule has 1 N–H and O–H groups in total. The standard InChI is InChI=1S/C18H18N2O/c1-13-5-3-6-14(11-13)12-20-18-16-7-4-8-17(21-2)15(16)9-10-19-18/h3-11H,12H2,1-2H3,(H,19,20). The molecule has 1 aromatic heterocycles. The number of hydrogen-bond acceptors (Lipinski definition) is 3. The minimum absolute atomic E-state index is 0.755. The molecule has 0 aliphatic heterocycles. The summed E-state index contributed by atoms with van der Waals surface area (Å²) in [6.07, 6.45) is 1.81. The maximum Gasteiger partial charge on any atom is 0.134 e. The van der Waals surface area contributed by atoms with Crippen molar-refractivity contribution in [3.63, 3.8) is 0 Å². The number of aromatic nitrogens is 1. The quantitative estimate of drug-likeness (QED) is 0.778. The summed E-state index contributed by atoms with van der Waals surface area (Å²) in [4.78, 5) is 4.45. The summed E-state index contributed by atoms with van der Waals surface area (Å²) < 4.78 is 5.41. The lowest BCUT2D eigenvalue weighted by Crippen LogP contribution is -2.02. The van der Waals surface area contributed by atoms with Crippen molar-refractivity contribution in [2.24, 2.45) is 0 Å². The van der Waals surface area contributed by atoms with Gasteiger partial charge in [0.15, 0.2) is 0 Å². The Morgan fingerprint density at radius 2 is 1.90 bits per heavy atom. The Morgan fingerprint density at radius 3 is 2.71 bits per heavy atom. The average molecular weight is 278 g/mol. The molecule has 0 aliphatic rings. The van der Waals surface area contributed by atoms with Gasteiger partial charge in [0.25, 0.3) is 0 Å². The molecule has 0 fully saturated rings. The van der Waals surface area contributed by atoms with Crippen LogP contribution in [0.2, 0.25) is 0 Å². The first-order chi connectivity index (χ1) is 10.3. The van der Waals surface area contributed by atoms with Crippen LogP contribution >= 0.6 is 0 Å². The van der Waals surface area contributed by atoms with E-state index in [-0.39, 0.29) is 0 Å².